The van der Waals surface area contributed by atoms with Crippen LogP contribution in [-0.2, 0) is 19.5 Å². The maximum Gasteiger partial charge on any atom is 0.250 e. The number of nitrogens with zero attached hydrogens (tertiary/aromatic N) is 2. The molecule has 0 amide bonds. The third-order valence-electron chi connectivity index (χ3n) is 5.10. The van der Waals surface area contributed by atoms with E-state index in [-0.39, 0.29) is 29.5 Å². The smallest absolute Gasteiger partial charge is 0.250 e. The summed E-state index contributed by atoms with van der Waals surface area (Å²) in [6.45, 7) is 2.27. The van der Waals surface area contributed by atoms with E-state index < -0.39 is 0 Å². The molecule has 1 aliphatic heterocycles. The highest BCUT2D eigenvalue weighted by Crippen LogP contribution is 2.32. The maximum atomic E-state index is 11.8. The van der Waals surface area contributed by atoms with Crippen LogP contribution in [0.2, 0.25) is 0 Å². The van der Waals surface area contributed by atoms with Gasteiger partial charge in [-0.15, -0.1) is 24.0 Å². The normalized spacial score (nSPS) is 12.2. The Bertz CT molecular complexity index is 1110. The maximum absolute atomic E-state index is 11.8. The summed E-state index contributed by atoms with van der Waals surface area (Å²) in [5, 5.41) is 6.67. The predicted molar refractivity (Wildman–Crippen MR) is 136 cm³/mol. The molecule has 4 rings (SSSR count). The van der Waals surface area contributed by atoms with Crippen LogP contribution < -0.4 is 25.7 Å². The molecule has 0 fully saturated rings. The lowest BCUT2D eigenvalue weighted by Crippen LogP contribution is -2.37. The third kappa shape index (κ3) is 6.25. The monoisotopic (exact) mass is 546 g/mol. The summed E-state index contributed by atoms with van der Waals surface area (Å²) in [6, 6.07) is 19.4. The Balaban J connectivity index is 0.00000289. The van der Waals surface area contributed by atoms with Crippen LogP contribution in [0, 0.1) is 0 Å². The number of fused-ring (bicyclic) bond motifs is 1. The number of nitrogens with one attached hydrogen (secondary N) is 2. The summed E-state index contributed by atoms with van der Waals surface area (Å²) in [7, 11) is 1.76. The van der Waals surface area contributed by atoms with Crippen molar-refractivity contribution in [3.63, 3.8) is 0 Å². The largest absolute Gasteiger partial charge is 0.454 e. The summed E-state index contributed by atoms with van der Waals surface area (Å²) < 4.78 is 12.5. The van der Waals surface area contributed by atoms with Crippen LogP contribution in [0.5, 0.6) is 11.5 Å². The molecule has 2 N–H and O–H groups in total. The molecule has 7 nitrogen and oxygen atoms in total. The molecule has 0 spiro atoms. The molecule has 168 valence electrons. The highest BCUT2D eigenvalue weighted by atomic mass is 127. The molecule has 0 atom stereocenters. The van der Waals surface area contributed by atoms with Crippen LogP contribution in [0.25, 0.3) is 0 Å². The lowest BCUT2D eigenvalue weighted by molar-refractivity contribution is 0.174. The van der Waals surface area contributed by atoms with Crippen molar-refractivity contribution in [3.8, 4) is 11.5 Å². The Morgan fingerprint density at radius 2 is 1.72 bits per heavy atom. The molecule has 1 aliphatic rings. The number of hydrogen-bond acceptors (Lipinski definition) is 4. The molecule has 1 aromatic heterocycles. The Labute approximate surface area is 204 Å². The zero-order valence-corrected chi connectivity index (χ0v) is 20.2. The standard InChI is InChI=1S/C24H26N4O3.HI/c1-25-24(26-12-11-18-9-10-21-22(14-18)31-17-30-21)27-15-19-5-7-20(8-6-19)16-28-13-3-2-4-23(28)29;/h2-10,13-14H,11-12,15-17H2,1H3,(H2,25,26,27);1H. The lowest BCUT2D eigenvalue weighted by Gasteiger charge is -2.13. The third-order valence-corrected chi connectivity index (χ3v) is 5.10. The fraction of sp³-hybridized carbons (Fsp3) is 0.250. The molecule has 0 unspecified atom stereocenters. The van der Waals surface area contributed by atoms with E-state index in [0.717, 1.165) is 41.6 Å². The average Bonchev–Trinajstić information content (AvgIpc) is 3.26. The van der Waals surface area contributed by atoms with Gasteiger partial charge in [0.1, 0.15) is 0 Å². The molecular formula is C24H27IN4O3. The highest BCUT2D eigenvalue weighted by molar-refractivity contribution is 14.0. The van der Waals surface area contributed by atoms with Crippen LogP contribution >= 0.6 is 24.0 Å². The molecule has 2 heterocycles. The molecule has 3 aromatic rings. The summed E-state index contributed by atoms with van der Waals surface area (Å²) in [5.74, 6) is 2.36. The van der Waals surface area contributed by atoms with Gasteiger partial charge in [-0.2, -0.15) is 0 Å². The topological polar surface area (TPSA) is 76.9 Å². The minimum Gasteiger partial charge on any atom is -0.454 e. The summed E-state index contributed by atoms with van der Waals surface area (Å²) >= 11 is 0. The van der Waals surface area contributed by atoms with Gasteiger partial charge in [0.2, 0.25) is 6.79 Å². The summed E-state index contributed by atoms with van der Waals surface area (Å²) in [5.41, 5.74) is 3.41. The zero-order valence-electron chi connectivity index (χ0n) is 17.9. The number of ether oxygens (including phenoxy) is 2. The van der Waals surface area contributed by atoms with E-state index in [1.165, 1.54) is 5.56 Å². The van der Waals surface area contributed by atoms with Gasteiger partial charge in [-0.05, 0) is 41.3 Å². The Hall–Kier alpha value is -3.01. The quantitative estimate of drug-likeness (QED) is 0.271. The number of aliphatic imine (C=N–C) groups is 1. The second-order valence-electron chi connectivity index (χ2n) is 7.27. The van der Waals surface area contributed by atoms with E-state index in [1.807, 2.05) is 30.3 Å². The molecule has 0 aliphatic carbocycles. The number of rotatable bonds is 7. The molecule has 0 bridgehead atoms. The van der Waals surface area contributed by atoms with Gasteiger partial charge in [0, 0.05) is 32.4 Å². The van der Waals surface area contributed by atoms with Crippen molar-refractivity contribution in [1.82, 2.24) is 15.2 Å². The molecule has 0 saturated carbocycles. The molecule has 0 radical (unpaired) electrons. The average molecular weight is 546 g/mol. The fourth-order valence-corrected chi connectivity index (χ4v) is 3.38. The highest BCUT2D eigenvalue weighted by Gasteiger charge is 2.13. The summed E-state index contributed by atoms with van der Waals surface area (Å²) in [6.07, 6.45) is 2.65. The van der Waals surface area contributed by atoms with Crippen molar-refractivity contribution in [1.29, 1.82) is 0 Å². The number of pyridine rings is 1. The number of halogens is 1. The van der Waals surface area contributed by atoms with Gasteiger partial charge in [0.05, 0.1) is 6.54 Å². The van der Waals surface area contributed by atoms with Crippen LogP contribution in [-0.4, -0.2) is 30.9 Å². The van der Waals surface area contributed by atoms with Gasteiger partial charge in [-0.25, -0.2) is 0 Å². The number of benzene rings is 2. The van der Waals surface area contributed by atoms with Gasteiger partial charge >= 0.3 is 0 Å². The SMILES string of the molecule is CN=C(NCCc1ccc2c(c1)OCO2)NCc1ccc(Cn2ccccc2=O)cc1.I. The van der Waals surface area contributed by atoms with Crippen LogP contribution in [0.1, 0.15) is 16.7 Å². The second kappa shape index (κ2) is 11.6. The van der Waals surface area contributed by atoms with Crippen molar-refractivity contribution < 1.29 is 9.47 Å². The van der Waals surface area contributed by atoms with Crippen molar-refractivity contribution in [2.45, 2.75) is 19.5 Å². The molecule has 2 aromatic carbocycles. The second-order valence-corrected chi connectivity index (χ2v) is 7.27. The molecule has 8 heteroatoms. The van der Waals surface area contributed by atoms with Crippen molar-refractivity contribution in [2.75, 3.05) is 20.4 Å². The number of aromatic nitrogens is 1. The molecule has 0 saturated heterocycles. The molecular weight excluding hydrogens is 519 g/mol. The Morgan fingerprint density at radius 3 is 2.50 bits per heavy atom. The van der Waals surface area contributed by atoms with Gasteiger partial charge in [0.15, 0.2) is 17.5 Å². The first kappa shape index (κ1) is 23.6. The van der Waals surface area contributed by atoms with Crippen LogP contribution in [0.4, 0.5) is 0 Å². The first-order valence-corrected chi connectivity index (χ1v) is 10.3. The lowest BCUT2D eigenvalue weighted by atomic mass is 10.1. The van der Waals surface area contributed by atoms with Gasteiger partial charge < -0.3 is 24.7 Å². The van der Waals surface area contributed by atoms with E-state index in [9.17, 15) is 4.79 Å². The predicted octanol–water partition coefficient (Wildman–Crippen LogP) is 3.15. The van der Waals surface area contributed by atoms with E-state index >= 15 is 0 Å². The zero-order chi connectivity index (χ0) is 21.5. The summed E-state index contributed by atoms with van der Waals surface area (Å²) in [4.78, 5) is 16.1. The van der Waals surface area contributed by atoms with Crippen molar-refractivity contribution in [3.05, 3.63) is 93.9 Å². The van der Waals surface area contributed by atoms with Crippen molar-refractivity contribution >= 4 is 29.9 Å². The van der Waals surface area contributed by atoms with Crippen LogP contribution in [0.3, 0.4) is 0 Å². The van der Waals surface area contributed by atoms with Crippen LogP contribution in [0.15, 0.2) is 76.6 Å². The van der Waals surface area contributed by atoms with E-state index in [0.29, 0.717) is 19.9 Å². The van der Waals surface area contributed by atoms with Crippen molar-refractivity contribution in [2.24, 2.45) is 4.99 Å². The number of hydrogen-bond donors (Lipinski definition) is 2. The van der Waals surface area contributed by atoms with E-state index in [2.05, 4.69) is 33.8 Å². The minimum absolute atomic E-state index is 0. The van der Waals surface area contributed by atoms with E-state index in [4.69, 9.17) is 9.47 Å². The minimum atomic E-state index is 0. The first-order chi connectivity index (χ1) is 15.2. The number of guanidine groups is 1. The van der Waals surface area contributed by atoms with Gasteiger partial charge in [-0.3, -0.25) is 9.79 Å². The fourth-order valence-electron chi connectivity index (χ4n) is 3.38. The van der Waals surface area contributed by atoms with E-state index in [1.54, 1.807) is 29.9 Å². The Morgan fingerprint density at radius 1 is 0.969 bits per heavy atom. The molecule has 32 heavy (non-hydrogen) atoms. The van der Waals surface area contributed by atoms with Gasteiger partial charge in [0.25, 0.3) is 5.56 Å². The van der Waals surface area contributed by atoms with Gasteiger partial charge in [-0.1, -0.05) is 36.4 Å². The Kier molecular flexibility index (Phi) is 8.55. The first-order valence-electron chi connectivity index (χ1n) is 10.3.